The van der Waals surface area contributed by atoms with E-state index in [-0.39, 0.29) is 22.1 Å². The van der Waals surface area contributed by atoms with Gasteiger partial charge in [-0.15, -0.1) is 0 Å². The molecule has 1 saturated heterocycles. The molecule has 2 aromatic carbocycles. The van der Waals surface area contributed by atoms with Crippen LogP contribution in [0.2, 0.25) is 0 Å². The molecule has 28 heavy (non-hydrogen) atoms. The highest BCUT2D eigenvalue weighted by molar-refractivity contribution is 7.89. The average Bonchev–Trinajstić information content (AvgIpc) is 2.69. The number of hydrogen-bond acceptors (Lipinski definition) is 5. The van der Waals surface area contributed by atoms with E-state index >= 15 is 0 Å². The van der Waals surface area contributed by atoms with Gasteiger partial charge in [-0.3, -0.25) is 4.79 Å². The van der Waals surface area contributed by atoms with Crippen molar-refractivity contribution < 1.29 is 17.9 Å². The Balaban J connectivity index is 1.89. The Morgan fingerprint density at radius 1 is 1.04 bits per heavy atom. The minimum absolute atomic E-state index is 0.0103. The monoisotopic (exact) mass is 403 g/mol. The molecule has 0 atom stereocenters. The minimum Gasteiger partial charge on any atom is -0.495 e. The first-order chi connectivity index (χ1) is 13.3. The van der Waals surface area contributed by atoms with E-state index in [9.17, 15) is 13.2 Å². The fraction of sp³-hybridized carbons (Fsp3) is 0.350. The average molecular weight is 404 g/mol. The maximum atomic E-state index is 13.1. The van der Waals surface area contributed by atoms with Crippen molar-refractivity contribution in [1.82, 2.24) is 9.21 Å². The van der Waals surface area contributed by atoms with Crippen LogP contribution in [0.15, 0.2) is 47.4 Å². The summed E-state index contributed by atoms with van der Waals surface area (Å²) in [4.78, 5) is 14.7. The highest BCUT2D eigenvalue weighted by atomic mass is 32.2. The van der Waals surface area contributed by atoms with E-state index in [0.29, 0.717) is 31.9 Å². The minimum atomic E-state index is -3.76. The molecular weight excluding hydrogens is 378 g/mol. The summed E-state index contributed by atoms with van der Waals surface area (Å²) in [6.45, 7) is 4.10. The zero-order valence-electron chi connectivity index (χ0n) is 16.3. The Labute approximate surface area is 166 Å². The molecule has 0 aliphatic carbocycles. The molecule has 1 N–H and O–H groups in total. The number of methoxy groups -OCH3 is 1. The van der Waals surface area contributed by atoms with E-state index in [1.54, 1.807) is 18.2 Å². The summed E-state index contributed by atoms with van der Waals surface area (Å²) in [6, 6.07) is 11.9. The second kappa shape index (κ2) is 8.30. The number of hydrogen-bond donors (Lipinski definition) is 1. The van der Waals surface area contributed by atoms with Gasteiger partial charge >= 0.3 is 0 Å². The third-order valence-corrected chi connectivity index (χ3v) is 6.74. The van der Waals surface area contributed by atoms with Crippen molar-refractivity contribution in [3.8, 4) is 5.75 Å². The number of carbonyl (C=O) groups is 1. The molecule has 2 aromatic rings. The summed E-state index contributed by atoms with van der Waals surface area (Å²) in [5.74, 6) is -0.146. The predicted molar refractivity (Wildman–Crippen MR) is 108 cm³/mol. The first-order valence-corrected chi connectivity index (χ1v) is 10.5. The van der Waals surface area contributed by atoms with Crippen LogP contribution in [0.4, 0.5) is 5.69 Å². The lowest BCUT2D eigenvalue weighted by Gasteiger charge is -2.31. The van der Waals surface area contributed by atoms with E-state index in [1.165, 1.54) is 23.5 Å². The molecule has 1 fully saturated rings. The Kier molecular flexibility index (Phi) is 6.02. The molecule has 1 aliphatic rings. The predicted octanol–water partition coefficient (Wildman–Crippen LogP) is 2.19. The number of piperazine rings is 1. The topological polar surface area (TPSA) is 78.9 Å². The molecule has 1 amide bonds. The highest BCUT2D eigenvalue weighted by Gasteiger charge is 2.30. The number of aryl methyl sites for hydroxylation is 1. The smallest absolute Gasteiger partial charge is 0.255 e. The summed E-state index contributed by atoms with van der Waals surface area (Å²) in [7, 11) is -0.381. The van der Waals surface area contributed by atoms with Gasteiger partial charge in [-0.2, -0.15) is 4.31 Å². The van der Waals surface area contributed by atoms with Crippen molar-refractivity contribution in [3.05, 3.63) is 53.6 Å². The Morgan fingerprint density at radius 3 is 2.29 bits per heavy atom. The van der Waals surface area contributed by atoms with Crippen LogP contribution in [0, 0.1) is 6.92 Å². The maximum absolute atomic E-state index is 13.1. The Morgan fingerprint density at radius 2 is 1.68 bits per heavy atom. The lowest BCUT2D eigenvalue weighted by molar-refractivity contribution is 0.102. The third-order valence-electron chi connectivity index (χ3n) is 4.82. The molecule has 0 aromatic heterocycles. The standard InChI is InChI=1S/C20H25N3O4S/c1-15-4-7-17(8-5-15)21-20(24)16-6-9-18(27-3)19(14-16)28(25,26)23-12-10-22(2)11-13-23/h4-9,14H,10-13H2,1-3H3,(H,21,24). The van der Waals surface area contributed by atoms with Crippen LogP contribution in [0.3, 0.4) is 0 Å². The van der Waals surface area contributed by atoms with E-state index in [4.69, 9.17) is 4.74 Å². The molecule has 0 unspecified atom stereocenters. The molecule has 0 saturated carbocycles. The van der Waals surface area contributed by atoms with Crippen molar-refractivity contribution in [3.63, 3.8) is 0 Å². The van der Waals surface area contributed by atoms with Crippen LogP contribution in [0.25, 0.3) is 0 Å². The number of likely N-dealkylation sites (N-methyl/N-ethyl adjacent to an activating group) is 1. The van der Waals surface area contributed by atoms with Gasteiger partial charge in [-0.05, 0) is 44.3 Å². The summed E-state index contributed by atoms with van der Waals surface area (Å²) in [5, 5.41) is 2.79. The molecule has 0 bridgehead atoms. The van der Waals surface area contributed by atoms with Gasteiger partial charge in [0.25, 0.3) is 5.91 Å². The molecule has 0 radical (unpaired) electrons. The van der Waals surface area contributed by atoms with Crippen LogP contribution in [-0.2, 0) is 10.0 Å². The second-order valence-electron chi connectivity index (χ2n) is 6.89. The summed E-state index contributed by atoms with van der Waals surface area (Å²) >= 11 is 0. The van der Waals surface area contributed by atoms with Crippen molar-refractivity contribution in [2.24, 2.45) is 0 Å². The van der Waals surface area contributed by atoms with Crippen molar-refractivity contribution in [2.75, 3.05) is 45.7 Å². The molecule has 3 rings (SSSR count). The summed E-state index contributed by atoms with van der Waals surface area (Å²) < 4.78 is 33.0. The number of sulfonamides is 1. The second-order valence-corrected chi connectivity index (χ2v) is 8.80. The van der Waals surface area contributed by atoms with Crippen LogP contribution in [0.5, 0.6) is 5.75 Å². The van der Waals surface area contributed by atoms with Crippen LogP contribution in [-0.4, -0.2) is 63.9 Å². The van der Waals surface area contributed by atoms with Gasteiger partial charge in [0.15, 0.2) is 0 Å². The largest absolute Gasteiger partial charge is 0.495 e. The molecule has 8 heteroatoms. The lowest BCUT2D eigenvalue weighted by Crippen LogP contribution is -2.47. The third kappa shape index (κ3) is 4.35. The van der Waals surface area contributed by atoms with Gasteiger partial charge in [-0.25, -0.2) is 8.42 Å². The molecule has 7 nitrogen and oxygen atoms in total. The zero-order valence-corrected chi connectivity index (χ0v) is 17.1. The molecule has 150 valence electrons. The van der Waals surface area contributed by atoms with Crippen molar-refractivity contribution >= 4 is 21.6 Å². The van der Waals surface area contributed by atoms with E-state index < -0.39 is 10.0 Å². The van der Waals surface area contributed by atoms with E-state index in [0.717, 1.165) is 5.56 Å². The van der Waals surface area contributed by atoms with E-state index in [2.05, 4.69) is 10.2 Å². The Hall–Kier alpha value is -2.42. The summed E-state index contributed by atoms with van der Waals surface area (Å²) in [5.41, 5.74) is 1.99. The van der Waals surface area contributed by atoms with E-state index in [1.807, 2.05) is 26.1 Å². The fourth-order valence-corrected chi connectivity index (χ4v) is 4.63. The number of nitrogens with zero attached hydrogens (tertiary/aromatic N) is 2. The van der Waals surface area contributed by atoms with Crippen LogP contribution < -0.4 is 10.1 Å². The molecule has 0 spiro atoms. The lowest BCUT2D eigenvalue weighted by atomic mass is 10.2. The van der Waals surface area contributed by atoms with Crippen LogP contribution in [0.1, 0.15) is 15.9 Å². The van der Waals surface area contributed by atoms with Crippen LogP contribution >= 0.6 is 0 Å². The number of ether oxygens (including phenoxy) is 1. The normalized spacial score (nSPS) is 16.0. The van der Waals surface area contributed by atoms with Gasteiger partial charge in [0, 0.05) is 37.4 Å². The zero-order chi connectivity index (χ0) is 20.3. The first-order valence-electron chi connectivity index (χ1n) is 9.06. The summed E-state index contributed by atoms with van der Waals surface area (Å²) in [6.07, 6.45) is 0. The van der Waals surface area contributed by atoms with Gasteiger partial charge in [-0.1, -0.05) is 17.7 Å². The fourth-order valence-electron chi connectivity index (χ4n) is 3.03. The molecule has 1 heterocycles. The number of benzene rings is 2. The van der Waals surface area contributed by atoms with Gasteiger partial charge in [0.05, 0.1) is 7.11 Å². The van der Waals surface area contributed by atoms with Gasteiger partial charge < -0.3 is 15.0 Å². The number of rotatable bonds is 5. The molecular formula is C20H25N3O4S. The van der Waals surface area contributed by atoms with Gasteiger partial charge in [0.1, 0.15) is 10.6 Å². The van der Waals surface area contributed by atoms with Gasteiger partial charge in [0.2, 0.25) is 10.0 Å². The maximum Gasteiger partial charge on any atom is 0.255 e. The quantitative estimate of drug-likeness (QED) is 0.828. The van der Waals surface area contributed by atoms with Crippen molar-refractivity contribution in [2.45, 2.75) is 11.8 Å². The first kappa shape index (κ1) is 20.3. The number of carbonyl (C=O) groups excluding carboxylic acids is 1. The van der Waals surface area contributed by atoms with Crippen molar-refractivity contribution in [1.29, 1.82) is 0 Å². The highest BCUT2D eigenvalue weighted by Crippen LogP contribution is 2.29. The number of amides is 1. The number of anilines is 1. The number of nitrogens with one attached hydrogen (secondary N) is 1. The Bertz CT molecular complexity index is 950. The SMILES string of the molecule is COc1ccc(C(=O)Nc2ccc(C)cc2)cc1S(=O)(=O)N1CCN(C)CC1. The molecule has 1 aliphatic heterocycles.